The molecule has 0 spiro atoms. The Bertz CT molecular complexity index is 917. The summed E-state index contributed by atoms with van der Waals surface area (Å²) in [6, 6.07) is 4.21. The van der Waals surface area contributed by atoms with Gasteiger partial charge in [-0.15, -0.1) is 6.42 Å². The van der Waals surface area contributed by atoms with Crippen molar-refractivity contribution in [1.82, 2.24) is 9.97 Å². The monoisotopic (exact) mass is 343 g/mol. The van der Waals surface area contributed by atoms with E-state index in [9.17, 15) is 19.8 Å². The van der Waals surface area contributed by atoms with E-state index in [1.807, 2.05) is 0 Å². The molecule has 0 fully saturated rings. The largest absolute Gasteiger partial charge is 0.504 e. The fourth-order valence-electron chi connectivity index (χ4n) is 2.57. The van der Waals surface area contributed by atoms with Gasteiger partial charge in [0.05, 0.1) is 11.3 Å². The Kier molecular flexibility index (Phi) is 4.18. The van der Waals surface area contributed by atoms with Crippen LogP contribution in [0, 0.1) is 12.3 Å². The molecule has 1 aliphatic heterocycles. The number of nitrogens with one attached hydrogen (secondary N) is 2. The highest BCUT2D eigenvalue weighted by Crippen LogP contribution is 2.37. The number of H-pyrrole nitrogens is 1. The number of benzene rings is 1. The SMILES string of the molecule is C#CCSc1nc2c(c(=O)[nH]1)C(c1ccc(O)c(O)c1)CC(=O)N2. The van der Waals surface area contributed by atoms with E-state index in [1.54, 1.807) is 6.07 Å². The van der Waals surface area contributed by atoms with Crippen LogP contribution in [-0.4, -0.2) is 31.8 Å². The van der Waals surface area contributed by atoms with E-state index >= 15 is 0 Å². The number of phenols is 2. The minimum absolute atomic E-state index is 0.0405. The van der Waals surface area contributed by atoms with Gasteiger partial charge in [0.25, 0.3) is 5.56 Å². The average Bonchev–Trinajstić information content (AvgIpc) is 2.54. The van der Waals surface area contributed by atoms with Crippen molar-refractivity contribution in [3.05, 3.63) is 39.7 Å². The Hall–Kier alpha value is -2.92. The van der Waals surface area contributed by atoms with Gasteiger partial charge in [0.1, 0.15) is 5.82 Å². The van der Waals surface area contributed by atoms with E-state index in [0.29, 0.717) is 22.0 Å². The van der Waals surface area contributed by atoms with Gasteiger partial charge in [0.2, 0.25) is 5.91 Å². The third-order valence-corrected chi connectivity index (χ3v) is 4.40. The molecule has 0 aliphatic carbocycles. The van der Waals surface area contributed by atoms with Crippen LogP contribution >= 0.6 is 11.8 Å². The minimum atomic E-state index is -0.566. The first-order valence-corrected chi connectivity index (χ1v) is 8.00. The number of terminal acetylenes is 1. The van der Waals surface area contributed by atoms with Crippen molar-refractivity contribution in [3.8, 4) is 23.8 Å². The number of amides is 1. The lowest BCUT2D eigenvalue weighted by Crippen LogP contribution is -2.31. The van der Waals surface area contributed by atoms with Crippen LogP contribution in [0.4, 0.5) is 5.82 Å². The molecule has 1 unspecified atom stereocenters. The van der Waals surface area contributed by atoms with E-state index in [-0.39, 0.29) is 35.2 Å². The van der Waals surface area contributed by atoms with Crippen molar-refractivity contribution >= 4 is 23.5 Å². The molecule has 0 saturated carbocycles. The summed E-state index contributed by atoms with van der Waals surface area (Å²) in [5.74, 6) is 1.52. The molecule has 1 aromatic heterocycles. The van der Waals surface area contributed by atoms with E-state index in [0.717, 1.165) is 0 Å². The molecule has 0 bridgehead atoms. The minimum Gasteiger partial charge on any atom is -0.504 e. The molecule has 0 radical (unpaired) electrons. The maximum absolute atomic E-state index is 12.5. The number of hydrogen-bond donors (Lipinski definition) is 4. The second-order valence-corrected chi connectivity index (χ2v) is 6.14. The third-order valence-electron chi connectivity index (χ3n) is 3.62. The number of aromatic hydroxyl groups is 2. The summed E-state index contributed by atoms with van der Waals surface area (Å²) in [5, 5.41) is 22.0. The molecular formula is C16H13N3O4S. The Morgan fingerprint density at radius 2 is 2.12 bits per heavy atom. The predicted molar refractivity (Wildman–Crippen MR) is 89.3 cm³/mol. The third kappa shape index (κ3) is 2.94. The maximum atomic E-state index is 12.5. The van der Waals surface area contributed by atoms with Crippen LogP contribution in [-0.2, 0) is 4.79 Å². The highest BCUT2D eigenvalue weighted by Gasteiger charge is 2.31. The van der Waals surface area contributed by atoms with Crippen molar-refractivity contribution < 1.29 is 15.0 Å². The molecule has 7 nitrogen and oxygen atoms in total. The smallest absolute Gasteiger partial charge is 0.257 e. The molecule has 8 heteroatoms. The van der Waals surface area contributed by atoms with Crippen LogP contribution in [0.25, 0.3) is 0 Å². The highest BCUT2D eigenvalue weighted by molar-refractivity contribution is 7.99. The molecule has 122 valence electrons. The molecule has 2 heterocycles. The van der Waals surface area contributed by atoms with Gasteiger partial charge < -0.3 is 20.5 Å². The molecule has 24 heavy (non-hydrogen) atoms. The Morgan fingerprint density at radius 1 is 1.33 bits per heavy atom. The molecule has 1 atom stereocenters. The van der Waals surface area contributed by atoms with Gasteiger partial charge in [-0.2, -0.15) is 0 Å². The molecule has 2 aromatic rings. The van der Waals surface area contributed by atoms with Crippen molar-refractivity contribution in [2.45, 2.75) is 17.5 Å². The molecule has 1 amide bonds. The number of rotatable bonds is 3. The fourth-order valence-corrected chi connectivity index (χ4v) is 3.11. The first-order chi connectivity index (χ1) is 11.5. The molecule has 1 aromatic carbocycles. The second kappa shape index (κ2) is 6.29. The maximum Gasteiger partial charge on any atom is 0.257 e. The van der Waals surface area contributed by atoms with Gasteiger partial charge in [-0.25, -0.2) is 4.98 Å². The summed E-state index contributed by atoms with van der Waals surface area (Å²) in [6.07, 6.45) is 5.23. The van der Waals surface area contributed by atoms with Crippen LogP contribution in [0.3, 0.4) is 0 Å². The van der Waals surface area contributed by atoms with E-state index < -0.39 is 5.92 Å². The number of carbonyl (C=O) groups excluding carboxylic acids is 1. The van der Waals surface area contributed by atoms with Crippen LogP contribution < -0.4 is 10.9 Å². The Balaban J connectivity index is 2.09. The van der Waals surface area contributed by atoms with Crippen LogP contribution in [0.5, 0.6) is 11.5 Å². The standard InChI is InChI=1S/C16H13N3O4S/c1-2-5-24-16-18-14-13(15(23)19-16)9(7-12(22)17-14)8-3-4-10(20)11(21)6-8/h1,3-4,6,9,20-21H,5,7H2,(H2,17,18,19,22,23). The topological polar surface area (TPSA) is 115 Å². The lowest BCUT2D eigenvalue weighted by atomic mass is 9.86. The lowest BCUT2D eigenvalue weighted by Gasteiger charge is -2.24. The van der Waals surface area contributed by atoms with E-state index in [1.165, 1.54) is 23.9 Å². The van der Waals surface area contributed by atoms with Gasteiger partial charge in [0, 0.05) is 12.3 Å². The first-order valence-electron chi connectivity index (χ1n) is 7.01. The van der Waals surface area contributed by atoms with E-state index in [2.05, 4.69) is 21.2 Å². The molecule has 3 rings (SSSR count). The zero-order valence-electron chi connectivity index (χ0n) is 12.4. The van der Waals surface area contributed by atoms with Gasteiger partial charge in [-0.1, -0.05) is 23.7 Å². The fraction of sp³-hybridized carbons (Fsp3) is 0.188. The summed E-state index contributed by atoms with van der Waals surface area (Å²) >= 11 is 1.18. The number of aromatic amines is 1. The second-order valence-electron chi connectivity index (χ2n) is 5.18. The van der Waals surface area contributed by atoms with Gasteiger partial charge in [-0.3, -0.25) is 9.59 Å². The summed E-state index contributed by atoms with van der Waals surface area (Å²) in [6.45, 7) is 0. The van der Waals surface area contributed by atoms with Crippen LogP contribution in [0.2, 0.25) is 0 Å². The average molecular weight is 343 g/mol. The quantitative estimate of drug-likeness (QED) is 0.290. The number of hydrogen-bond acceptors (Lipinski definition) is 6. The summed E-state index contributed by atoms with van der Waals surface area (Å²) in [7, 11) is 0. The van der Waals surface area contributed by atoms with Crippen molar-refractivity contribution in [2.75, 3.05) is 11.1 Å². The first kappa shape index (κ1) is 16.0. The summed E-state index contributed by atoms with van der Waals surface area (Å²) < 4.78 is 0. The normalized spacial score (nSPS) is 16.1. The number of aromatic nitrogens is 2. The molecule has 1 aliphatic rings. The lowest BCUT2D eigenvalue weighted by molar-refractivity contribution is -0.116. The zero-order valence-corrected chi connectivity index (χ0v) is 13.2. The van der Waals surface area contributed by atoms with E-state index in [4.69, 9.17) is 6.42 Å². The van der Waals surface area contributed by atoms with Gasteiger partial charge in [-0.05, 0) is 17.7 Å². The van der Waals surface area contributed by atoms with Crippen LogP contribution in [0.1, 0.15) is 23.5 Å². The molecular weight excluding hydrogens is 330 g/mol. The Morgan fingerprint density at radius 3 is 2.83 bits per heavy atom. The van der Waals surface area contributed by atoms with Crippen LogP contribution in [0.15, 0.2) is 28.2 Å². The number of thioether (sulfide) groups is 1. The Labute approximate surface area is 141 Å². The predicted octanol–water partition coefficient (Wildman–Crippen LogP) is 1.38. The van der Waals surface area contributed by atoms with Gasteiger partial charge in [0.15, 0.2) is 16.7 Å². The number of phenolic OH excluding ortho intramolecular Hbond substituents is 2. The molecule has 4 N–H and O–H groups in total. The number of anilines is 1. The van der Waals surface area contributed by atoms with Gasteiger partial charge >= 0.3 is 0 Å². The molecule has 0 saturated heterocycles. The highest BCUT2D eigenvalue weighted by atomic mass is 32.2. The zero-order chi connectivity index (χ0) is 17.3. The number of nitrogens with zero attached hydrogens (tertiary/aromatic N) is 1. The number of carbonyl (C=O) groups is 1. The van der Waals surface area contributed by atoms with Crippen molar-refractivity contribution in [2.24, 2.45) is 0 Å². The van der Waals surface area contributed by atoms with Crippen molar-refractivity contribution in [3.63, 3.8) is 0 Å². The summed E-state index contributed by atoms with van der Waals surface area (Å²) in [4.78, 5) is 31.3. The summed E-state index contributed by atoms with van der Waals surface area (Å²) in [5.41, 5.74) is 0.472. The number of fused-ring (bicyclic) bond motifs is 1. The van der Waals surface area contributed by atoms with Crippen molar-refractivity contribution in [1.29, 1.82) is 0 Å².